The fourth-order valence-electron chi connectivity index (χ4n) is 1.45. The first-order valence-electron chi connectivity index (χ1n) is 4.99. The molecule has 0 aromatic heterocycles. The van der Waals surface area contributed by atoms with Gasteiger partial charge in [0.25, 0.3) is 5.69 Å². The van der Waals surface area contributed by atoms with Crippen LogP contribution in [0.1, 0.15) is 18.1 Å². The van der Waals surface area contributed by atoms with Crippen LogP contribution in [0.25, 0.3) is 0 Å². The van der Waals surface area contributed by atoms with Gasteiger partial charge in [0, 0.05) is 17.7 Å². The van der Waals surface area contributed by atoms with Crippen LogP contribution in [-0.2, 0) is 6.42 Å². The second-order valence-corrected chi connectivity index (χ2v) is 4.36. The number of nitro groups is 1. The van der Waals surface area contributed by atoms with Gasteiger partial charge in [0.2, 0.25) is 0 Å². The van der Waals surface area contributed by atoms with Gasteiger partial charge in [-0.05, 0) is 31.4 Å². The molecule has 1 atom stereocenters. The molecule has 3 N–H and O–H groups in total. The van der Waals surface area contributed by atoms with Crippen LogP contribution in [0.3, 0.4) is 0 Å². The maximum Gasteiger partial charge on any atom is 0.269 e. The number of hydrogen-bond acceptors (Lipinski definition) is 4. The average Bonchev–Trinajstić information content (AvgIpc) is 2.21. The summed E-state index contributed by atoms with van der Waals surface area (Å²) in [5.74, 6) is 0. The highest BCUT2D eigenvalue weighted by molar-refractivity contribution is 5.40. The van der Waals surface area contributed by atoms with Gasteiger partial charge in [-0.2, -0.15) is 0 Å². The van der Waals surface area contributed by atoms with E-state index < -0.39 is 10.5 Å². The minimum atomic E-state index is -0.750. The lowest BCUT2D eigenvalue weighted by Crippen LogP contribution is -2.42. The van der Waals surface area contributed by atoms with Gasteiger partial charge in [-0.15, -0.1) is 0 Å². The van der Waals surface area contributed by atoms with Gasteiger partial charge in [-0.25, -0.2) is 0 Å². The molecular weight excluding hydrogens is 208 g/mol. The van der Waals surface area contributed by atoms with Gasteiger partial charge in [0.05, 0.1) is 11.5 Å². The summed E-state index contributed by atoms with van der Waals surface area (Å²) >= 11 is 0. The van der Waals surface area contributed by atoms with Crippen LogP contribution in [0.5, 0.6) is 0 Å². The molecule has 0 radical (unpaired) electrons. The van der Waals surface area contributed by atoms with Crippen LogP contribution >= 0.6 is 0 Å². The summed E-state index contributed by atoms with van der Waals surface area (Å²) in [6, 6.07) is 4.67. The molecule has 0 bridgehead atoms. The lowest BCUT2D eigenvalue weighted by atomic mass is 9.92. The van der Waals surface area contributed by atoms with Crippen molar-refractivity contribution in [3.05, 3.63) is 39.4 Å². The lowest BCUT2D eigenvalue weighted by molar-refractivity contribution is -0.384. The van der Waals surface area contributed by atoms with Crippen molar-refractivity contribution >= 4 is 5.69 Å². The summed E-state index contributed by atoms with van der Waals surface area (Å²) in [5.41, 5.74) is 6.86. The number of aliphatic hydroxyl groups is 1. The van der Waals surface area contributed by atoms with Gasteiger partial charge in [0.1, 0.15) is 0 Å². The van der Waals surface area contributed by atoms with E-state index in [1.165, 1.54) is 12.1 Å². The molecule has 0 aliphatic heterocycles. The smallest absolute Gasteiger partial charge is 0.269 e. The van der Waals surface area contributed by atoms with Crippen molar-refractivity contribution in [3.8, 4) is 0 Å². The quantitative estimate of drug-likeness (QED) is 0.593. The van der Waals surface area contributed by atoms with E-state index in [9.17, 15) is 10.1 Å². The van der Waals surface area contributed by atoms with Crippen molar-refractivity contribution < 1.29 is 10.0 Å². The van der Waals surface area contributed by atoms with Gasteiger partial charge in [-0.1, -0.05) is 6.07 Å². The minimum Gasteiger partial charge on any atom is -0.394 e. The number of aryl methyl sites for hydroxylation is 1. The van der Waals surface area contributed by atoms with Crippen molar-refractivity contribution in [2.45, 2.75) is 25.8 Å². The molecule has 0 saturated heterocycles. The van der Waals surface area contributed by atoms with Gasteiger partial charge >= 0.3 is 0 Å². The van der Waals surface area contributed by atoms with Crippen molar-refractivity contribution in [2.75, 3.05) is 6.61 Å². The Labute approximate surface area is 94.0 Å². The summed E-state index contributed by atoms with van der Waals surface area (Å²) in [5, 5.41) is 19.7. The van der Waals surface area contributed by atoms with Gasteiger partial charge in [0.15, 0.2) is 0 Å². The number of non-ortho nitro benzene ring substituents is 1. The Morgan fingerprint density at radius 3 is 2.69 bits per heavy atom. The number of nitro benzene ring substituents is 1. The van der Waals surface area contributed by atoms with Crippen LogP contribution in [0.4, 0.5) is 5.69 Å². The third-order valence-electron chi connectivity index (χ3n) is 2.50. The molecule has 0 spiro atoms. The predicted octanol–water partition coefficient (Wildman–Crippen LogP) is 1.16. The third-order valence-corrected chi connectivity index (χ3v) is 2.50. The fraction of sp³-hybridized carbons (Fsp3) is 0.455. The highest BCUT2D eigenvalue weighted by Gasteiger charge is 2.20. The lowest BCUT2D eigenvalue weighted by Gasteiger charge is -2.22. The molecule has 5 nitrogen and oxygen atoms in total. The van der Waals surface area contributed by atoms with E-state index in [1.54, 1.807) is 13.0 Å². The Morgan fingerprint density at radius 1 is 1.56 bits per heavy atom. The zero-order valence-electron chi connectivity index (χ0n) is 9.43. The molecule has 1 unspecified atom stereocenters. The first-order valence-corrected chi connectivity index (χ1v) is 4.99. The number of nitrogens with zero attached hydrogens (tertiary/aromatic N) is 1. The monoisotopic (exact) mass is 224 g/mol. The average molecular weight is 224 g/mol. The summed E-state index contributed by atoms with van der Waals surface area (Å²) in [6.07, 6.45) is 0.414. The number of benzene rings is 1. The van der Waals surface area contributed by atoms with Crippen LogP contribution in [-0.4, -0.2) is 22.2 Å². The molecule has 0 amide bonds. The largest absolute Gasteiger partial charge is 0.394 e. The maximum absolute atomic E-state index is 10.6. The van der Waals surface area contributed by atoms with Crippen molar-refractivity contribution in [1.29, 1.82) is 0 Å². The summed E-state index contributed by atoms with van der Waals surface area (Å²) in [4.78, 5) is 10.2. The van der Waals surface area contributed by atoms with E-state index in [1.807, 2.05) is 6.92 Å². The number of rotatable bonds is 4. The Kier molecular flexibility index (Phi) is 3.62. The third kappa shape index (κ3) is 3.01. The second kappa shape index (κ2) is 4.59. The molecular formula is C11H16N2O3. The fourth-order valence-corrected chi connectivity index (χ4v) is 1.45. The number of aliphatic hydroxyl groups excluding tert-OH is 1. The first kappa shape index (κ1) is 12.6. The van der Waals surface area contributed by atoms with Crippen molar-refractivity contribution in [2.24, 2.45) is 5.73 Å². The molecule has 5 heteroatoms. The van der Waals surface area contributed by atoms with E-state index in [0.29, 0.717) is 6.42 Å². The number of hydrogen-bond donors (Lipinski definition) is 2. The molecule has 1 aromatic carbocycles. The van der Waals surface area contributed by atoms with Crippen molar-refractivity contribution in [1.82, 2.24) is 0 Å². The Balaban J connectivity index is 3.03. The minimum absolute atomic E-state index is 0.0503. The second-order valence-electron chi connectivity index (χ2n) is 4.36. The van der Waals surface area contributed by atoms with E-state index in [2.05, 4.69) is 0 Å². The van der Waals surface area contributed by atoms with Crippen LogP contribution in [0.15, 0.2) is 18.2 Å². The standard InChI is InChI=1S/C11H16N2O3/c1-8-3-4-10(13(15)16)5-9(8)6-11(2,12)7-14/h3-5,14H,6-7,12H2,1-2H3. The normalized spacial score (nSPS) is 14.5. The SMILES string of the molecule is Cc1ccc([N+](=O)[O-])cc1CC(C)(N)CO. The molecule has 88 valence electrons. The number of nitrogens with two attached hydrogens (primary N) is 1. The van der Waals surface area contributed by atoms with Gasteiger partial charge < -0.3 is 10.8 Å². The summed E-state index contributed by atoms with van der Waals surface area (Å²) in [7, 11) is 0. The zero-order valence-corrected chi connectivity index (χ0v) is 9.43. The van der Waals surface area contributed by atoms with Crippen LogP contribution in [0, 0.1) is 17.0 Å². The van der Waals surface area contributed by atoms with E-state index in [0.717, 1.165) is 11.1 Å². The topological polar surface area (TPSA) is 89.4 Å². The molecule has 0 aliphatic carbocycles. The molecule has 0 aliphatic rings. The van der Waals surface area contributed by atoms with E-state index in [-0.39, 0.29) is 12.3 Å². The molecule has 0 fully saturated rings. The summed E-state index contributed by atoms with van der Waals surface area (Å²) < 4.78 is 0. The predicted molar refractivity (Wildman–Crippen MR) is 61.2 cm³/mol. The molecule has 0 saturated carbocycles. The van der Waals surface area contributed by atoms with Crippen LogP contribution < -0.4 is 5.73 Å². The molecule has 16 heavy (non-hydrogen) atoms. The highest BCUT2D eigenvalue weighted by Crippen LogP contribution is 2.20. The first-order chi connectivity index (χ1) is 7.35. The summed E-state index contributed by atoms with van der Waals surface area (Å²) in [6.45, 7) is 3.42. The molecule has 0 heterocycles. The Bertz CT molecular complexity index is 402. The zero-order chi connectivity index (χ0) is 12.3. The van der Waals surface area contributed by atoms with E-state index in [4.69, 9.17) is 10.8 Å². The molecule has 1 aromatic rings. The highest BCUT2D eigenvalue weighted by atomic mass is 16.6. The Morgan fingerprint density at radius 2 is 2.19 bits per heavy atom. The van der Waals surface area contributed by atoms with Gasteiger partial charge in [-0.3, -0.25) is 10.1 Å². The van der Waals surface area contributed by atoms with E-state index >= 15 is 0 Å². The van der Waals surface area contributed by atoms with Crippen LogP contribution in [0.2, 0.25) is 0 Å². The maximum atomic E-state index is 10.6. The molecule has 1 rings (SSSR count). The Hall–Kier alpha value is -1.46. The van der Waals surface area contributed by atoms with Crippen molar-refractivity contribution in [3.63, 3.8) is 0 Å².